The Morgan fingerprint density at radius 3 is 2.61 bits per heavy atom. The van der Waals surface area contributed by atoms with Gasteiger partial charge in [-0.1, -0.05) is 15.9 Å². The van der Waals surface area contributed by atoms with Crippen LogP contribution in [0, 0.1) is 0 Å². The number of hydrogen-bond donors (Lipinski definition) is 3. The van der Waals surface area contributed by atoms with E-state index in [1.807, 2.05) is 0 Å². The van der Waals surface area contributed by atoms with Gasteiger partial charge >= 0.3 is 0 Å². The van der Waals surface area contributed by atoms with E-state index in [1.165, 1.54) is 20.2 Å². The number of benzene rings is 1. The second kappa shape index (κ2) is 8.43. The van der Waals surface area contributed by atoms with E-state index in [4.69, 9.17) is 4.74 Å². The standard InChI is InChI=1S/C15H24BrN3O3S/c1-18-8-10-19(11-9-18)7-3-6-17-23(20,21)15-12-13(16)4-5-14(15)22-2/h4-5,12,17H,3,6-11H2,1-2H3/p+2. The van der Waals surface area contributed by atoms with E-state index in [1.54, 1.807) is 28.0 Å². The van der Waals surface area contributed by atoms with Crippen LogP contribution >= 0.6 is 15.9 Å². The summed E-state index contributed by atoms with van der Waals surface area (Å²) in [7, 11) is 0.136. The normalized spacial score (nSPS) is 22.0. The van der Waals surface area contributed by atoms with E-state index < -0.39 is 10.0 Å². The van der Waals surface area contributed by atoms with Gasteiger partial charge in [0.2, 0.25) is 10.0 Å². The van der Waals surface area contributed by atoms with E-state index in [0.29, 0.717) is 16.8 Å². The van der Waals surface area contributed by atoms with Gasteiger partial charge in [-0.05, 0) is 18.2 Å². The minimum absolute atomic E-state index is 0.171. The Balaban J connectivity index is 1.86. The highest BCUT2D eigenvalue weighted by Crippen LogP contribution is 2.26. The Labute approximate surface area is 147 Å². The van der Waals surface area contributed by atoms with Crippen LogP contribution in [0.25, 0.3) is 0 Å². The van der Waals surface area contributed by atoms with Gasteiger partial charge in [0, 0.05) is 17.4 Å². The van der Waals surface area contributed by atoms with Crippen LogP contribution in [0.3, 0.4) is 0 Å². The van der Waals surface area contributed by atoms with Gasteiger partial charge in [-0.15, -0.1) is 0 Å². The number of ether oxygens (including phenoxy) is 1. The third-order valence-electron chi connectivity index (χ3n) is 4.23. The van der Waals surface area contributed by atoms with E-state index in [-0.39, 0.29) is 4.90 Å². The lowest BCUT2D eigenvalue weighted by atomic mass is 10.3. The molecule has 1 aliphatic rings. The van der Waals surface area contributed by atoms with Crippen LogP contribution in [0.2, 0.25) is 0 Å². The highest BCUT2D eigenvalue weighted by Gasteiger charge is 2.21. The first-order valence-corrected chi connectivity index (χ1v) is 10.2. The quantitative estimate of drug-likeness (QED) is 0.484. The summed E-state index contributed by atoms with van der Waals surface area (Å²) in [5, 5.41) is 0. The van der Waals surface area contributed by atoms with Crippen molar-refractivity contribution in [2.24, 2.45) is 0 Å². The van der Waals surface area contributed by atoms with Crippen molar-refractivity contribution in [3.8, 4) is 5.75 Å². The first-order valence-electron chi connectivity index (χ1n) is 7.90. The molecule has 2 rings (SSSR count). The van der Waals surface area contributed by atoms with Crippen LogP contribution in [-0.2, 0) is 10.0 Å². The van der Waals surface area contributed by atoms with Gasteiger partial charge in [0.1, 0.15) is 36.8 Å². The van der Waals surface area contributed by atoms with Crippen molar-refractivity contribution in [1.29, 1.82) is 0 Å². The SMILES string of the molecule is COc1ccc(Br)cc1S(=O)(=O)NCCC[NH+]1CC[NH+](C)CC1. The van der Waals surface area contributed by atoms with Crippen LogP contribution in [0.5, 0.6) is 5.75 Å². The lowest BCUT2D eigenvalue weighted by Gasteiger charge is -2.27. The monoisotopic (exact) mass is 407 g/mol. The van der Waals surface area contributed by atoms with Gasteiger partial charge in [0.25, 0.3) is 0 Å². The highest BCUT2D eigenvalue weighted by molar-refractivity contribution is 9.10. The van der Waals surface area contributed by atoms with E-state index in [9.17, 15) is 8.42 Å². The summed E-state index contributed by atoms with van der Waals surface area (Å²) in [5.41, 5.74) is 0. The molecule has 1 heterocycles. The smallest absolute Gasteiger partial charge is 0.244 e. The molecule has 0 unspecified atom stereocenters. The second-order valence-corrected chi connectivity index (χ2v) is 8.65. The fourth-order valence-electron chi connectivity index (χ4n) is 2.76. The molecule has 0 spiro atoms. The summed E-state index contributed by atoms with van der Waals surface area (Å²) in [6.07, 6.45) is 0.837. The molecule has 0 atom stereocenters. The number of methoxy groups -OCH3 is 1. The average Bonchev–Trinajstić information content (AvgIpc) is 2.53. The van der Waals surface area contributed by atoms with Crippen molar-refractivity contribution in [1.82, 2.24) is 4.72 Å². The van der Waals surface area contributed by atoms with Gasteiger partial charge in [0.05, 0.1) is 20.7 Å². The number of likely N-dealkylation sites (N-methyl/N-ethyl adjacent to an activating group) is 1. The number of rotatable bonds is 7. The molecule has 3 N–H and O–H groups in total. The van der Waals surface area contributed by atoms with E-state index >= 15 is 0 Å². The summed E-state index contributed by atoms with van der Waals surface area (Å²) < 4.78 is 33.4. The molecular formula is C15H26BrN3O3S+2. The lowest BCUT2D eigenvalue weighted by molar-refractivity contribution is -1.00. The maximum Gasteiger partial charge on any atom is 0.244 e. The average molecular weight is 408 g/mol. The minimum atomic E-state index is -3.56. The minimum Gasteiger partial charge on any atom is -0.495 e. The van der Waals surface area contributed by atoms with E-state index in [2.05, 4.69) is 27.7 Å². The Hall–Kier alpha value is -0.670. The Morgan fingerprint density at radius 2 is 1.96 bits per heavy atom. The molecule has 1 fully saturated rings. The Morgan fingerprint density at radius 1 is 1.26 bits per heavy atom. The van der Waals surface area contributed by atoms with Crippen molar-refractivity contribution in [3.05, 3.63) is 22.7 Å². The summed E-state index contributed by atoms with van der Waals surface area (Å²) in [6.45, 7) is 6.16. The van der Waals surface area contributed by atoms with Gasteiger partial charge < -0.3 is 14.5 Å². The largest absolute Gasteiger partial charge is 0.495 e. The maximum atomic E-state index is 12.4. The molecule has 1 aliphatic heterocycles. The van der Waals surface area contributed by atoms with Crippen molar-refractivity contribution in [2.75, 3.05) is 53.4 Å². The van der Waals surface area contributed by atoms with Crippen molar-refractivity contribution >= 4 is 26.0 Å². The van der Waals surface area contributed by atoms with Gasteiger partial charge in [-0.25, -0.2) is 13.1 Å². The number of hydrogen-bond acceptors (Lipinski definition) is 3. The molecule has 0 aromatic heterocycles. The molecule has 130 valence electrons. The van der Waals surface area contributed by atoms with E-state index in [0.717, 1.165) is 26.1 Å². The lowest BCUT2D eigenvalue weighted by Crippen LogP contribution is -3.27. The fourth-order valence-corrected chi connectivity index (χ4v) is 4.54. The van der Waals surface area contributed by atoms with Crippen LogP contribution in [0.15, 0.2) is 27.6 Å². The summed E-state index contributed by atoms with van der Waals surface area (Å²) in [5.74, 6) is 0.355. The molecule has 0 radical (unpaired) electrons. The Kier molecular flexibility index (Phi) is 6.84. The number of nitrogens with one attached hydrogen (secondary N) is 3. The predicted molar refractivity (Wildman–Crippen MR) is 92.7 cm³/mol. The number of piperazine rings is 1. The predicted octanol–water partition coefficient (Wildman–Crippen LogP) is -1.46. The third-order valence-corrected chi connectivity index (χ3v) is 6.20. The zero-order chi connectivity index (χ0) is 16.9. The molecule has 6 nitrogen and oxygen atoms in total. The zero-order valence-electron chi connectivity index (χ0n) is 13.7. The first kappa shape index (κ1) is 18.7. The van der Waals surface area contributed by atoms with Crippen LogP contribution in [0.1, 0.15) is 6.42 Å². The number of halogens is 1. The van der Waals surface area contributed by atoms with Gasteiger partial charge in [0.15, 0.2) is 0 Å². The summed E-state index contributed by atoms with van der Waals surface area (Å²) in [4.78, 5) is 3.32. The molecule has 1 aromatic rings. The molecule has 0 aliphatic carbocycles. The van der Waals surface area contributed by atoms with Gasteiger partial charge in [-0.3, -0.25) is 0 Å². The first-order chi connectivity index (χ1) is 10.9. The third kappa shape index (κ3) is 5.42. The fraction of sp³-hybridized carbons (Fsp3) is 0.600. The molecule has 1 saturated heterocycles. The van der Waals surface area contributed by atoms with Gasteiger partial charge in [-0.2, -0.15) is 0 Å². The summed E-state index contributed by atoms with van der Waals surface area (Å²) >= 11 is 3.30. The Bertz CT molecular complexity index is 616. The van der Waals surface area contributed by atoms with Crippen LogP contribution < -0.4 is 19.3 Å². The van der Waals surface area contributed by atoms with Crippen molar-refractivity contribution in [2.45, 2.75) is 11.3 Å². The number of quaternary nitrogens is 2. The van der Waals surface area contributed by atoms with Crippen molar-refractivity contribution < 1.29 is 23.0 Å². The molecule has 8 heteroatoms. The zero-order valence-corrected chi connectivity index (χ0v) is 16.1. The highest BCUT2D eigenvalue weighted by atomic mass is 79.9. The van der Waals surface area contributed by atoms with Crippen molar-refractivity contribution in [3.63, 3.8) is 0 Å². The summed E-state index contributed by atoms with van der Waals surface area (Å²) in [6, 6.07) is 4.97. The topological polar surface area (TPSA) is 64.3 Å². The molecule has 0 saturated carbocycles. The molecule has 1 aromatic carbocycles. The van der Waals surface area contributed by atoms with Crippen LogP contribution in [-0.4, -0.2) is 61.8 Å². The van der Waals surface area contributed by atoms with Crippen LogP contribution in [0.4, 0.5) is 0 Å². The number of sulfonamides is 1. The molecule has 0 amide bonds. The second-order valence-electron chi connectivity index (χ2n) is 6.00. The molecule has 0 bridgehead atoms. The maximum absolute atomic E-state index is 12.4. The molecular weight excluding hydrogens is 382 g/mol. The molecule has 23 heavy (non-hydrogen) atoms.